The molecule has 0 saturated heterocycles. The molecule has 5 nitrogen and oxygen atoms in total. The smallest absolute Gasteiger partial charge is 0.226 e. The molecule has 0 bridgehead atoms. The number of anilines is 1. The first-order valence-corrected chi connectivity index (χ1v) is 7.09. The van der Waals surface area contributed by atoms with Gasteiger partial charge in [0.25, 0.3) is 0 Å². The van der Waals surface area contributed by atoms with Gasteiger partial charge in [0.1, 0.15) is 0 Å². The van der Waals surface area contributed by atoms with Gasteiger partial charge in [0.2, 0.25) is 5.89 Å². The number of nitrogens with zero attached hydrogens (tertiary/aromatic N) is 3. The van der Waals surface area contributed by atoms with Crippen LogP contribution in [-0.4, -0.2) is 15.1 Å². The van der Waals surface area contributed by atoms with Crippen LogP contribution >= 0.6 is 11.3 Å². The van der Waals surface area contributed by atoms with E-state index in [1.807, 2.05) is 5.38 Å². The van der Waals surface area contributed by atoms with Crippen molar-refractivity contribution in [2.24, 2.45) is 0 Å². The van der Waals surface area contributed by atoms with Gasteiger partial charge in [-0.3, -0.25) is 0 Å². The molecule has 0 radical (unpaired) electrons. The molecule has 18 heavy (non-hydrogen) atoms. The van der Waals surface area contributed by atoms with Crippen molar-refractivity contribution in [1.82, 2.24) is 15.1 Å². The molecule has 0 fully saturated rings. The van der Waals surface area contributed by atoms with E-state index in [-0.39, 0.29) is 0 Å². The van der Waals surface area contributed by atoms with Crippen molar-refractivity contribution < 1.29 is 4.52 Å². The Morgan fingerprint density at radius 3 is 2.89 bits per heavy atom. The molecule has 0 aliphatic rings. The van der Waals surface area contributed by atoms with Crippen LogP contribution in [0.4, 0.5) is 5.13 Å². The molecule has 0 aromatic carbocycles. The predicted molar refractivity (Wildman–Crippen MR) is 71.6 cm³/mol. The first kappa shape index (κ1) is 13.0. The van der Waals surface area contributed by atoms with Crippen molar-refractivity contribution in [2.45, 2.75) is 45.4 Å². The summed E-state index contributed by atoms with van der Waals surface area (Å²) in [5.74, 6) is 1.89. The second-order valence-electron chi connectivity index (χ2n) is 4.39. The Morgan fingerprint density at radius 1 is 1.39 bits per heavy atom. The molecular formula is C12H18N4OS. The van der Waals surface area contributed by atoms with E-state index in [4.69, 9.17) is 10.3 Å². The zero-order valence-corrected chi connectivity index (χ0v) is 11.5. The number of nitrogens with two attached hydrogens (primary N) is 1. The molecule has 0 amide bonds. The quantitative estimate of drug-likeness (QED) is 0.869. The van der Waals surface area contributed by atoms with E-state index in [9.17, 15) is 0 Å². The fourth-order valence-electron chi connectivity index (χ4n) is 1.61. The molecular weight excluding hydrogens is 248 g/mol. The van der Waals surface area contributed by atoms with Gasteiger partial charge < -0.3 is 10.3 Å². The van der Waals surface area contributed by atoms with Crippen LogP contribution in [0.2, 0.25) is 0 Å². The molecule has 0 aliphatic carbocycles. The van der Waals surface area contributed by atoms with Crippen LogP contribution in [0.3, 0.4) is 0 Å². The van der Waals surface area contributed by atoms with Gasteiger partial charge in [-0.25, -0.2) is 4.98 Å². The molecule has 2 heterocycles. The minimum absolute atomic E-state index is 0.362. The molecule has 0 saturated carbocycles. The molecule has 2 aromatic heterocycles. The molecule has 2 rings (SSSR count). The van der Waals surface area contributed by atoms with Gasteiger partial charge in [0.05, 0.1) is 5.69 Å². The summed E-state index contributed by atoms with van der Waals surface area (Å²) in [5, 5.41) is 6.62. The summed E-state index contributed by atoms with van der Waals surface area (Å²) < 4.78 is 5.23. The maximum Gasteiger partial charge on any atom is 0.226 e. The first-order valence-electron chi connectivity index (χ1n) is 6.21. The van der Waals surface area contributed by atoms with E-state index < -0.39 is 0 Å². The average molecular weight is 266 g/mol. The zero-order valence-electron chi connectivity index (χ0n) is 10.7. The SMILES string of the molecule is CCC(C)c1noc(CCCc2csc(N)n2)n1. The van der Waals surface area contributed by atoms with E-state index >= 15 is 0 Å². The molecule has 1 unspecified atom stereocenters. The Hall–Kier alpha value is -1.43. The second kappa shape index (κ2) is 5.95. The maximum atomic E-state index is 5.58. The van der Waals surface area contributed by atoms with E-state index in [1.54, 1.807) is 0 Å². The highest BCUT2D eigenvalue weighted by Crippen LogP contribution is 2.16. The molecule has 6 heteroatoms. The van der Waals surface area contributed by atoms with Crippen LogP contribution in [-0.2, 0) is 12.8 Å². The number of hydrogen-bond acceptors (Lipinski definition) is 6. The third-order valence-corrected chi connectivity index (χ3v) is 3.65. The third-order valence-electron chi connectivity index (χ3n) is 2.93. The van der Waals surface area contributed by atoms with E-state index in [0.29, 0.717) is 16.9 Å². The van der Waals surface area contributed by atoms with Crippen molar-refractivity contribution in [3.63, 3.8) is 0 Å². The van der Waals surface area contributed by atoms with Crippen LogP contribution in [0.15, 0.2) is 9.90 Å². The van der Waals surface area contributed by atoms with Crippen molar-refractivity contribution in [3.05, 3.63) is 22.8 Å². The zero-order chi connectivity index (χ0) is 13.0. The van der Waals surface area contributed by atoms with Gasteiger partial charge in [-0.2, -0.15) is 4.98 Å². The van der Waals surface area contributed by atoms with Crippen molar-refractivity contribution in [3.8, 4) is 0 Å². The van der Waals surface area contributed by atoms with Gasteiger partial charge >= 0.3 is 0 Å². The molecule has 98 valence electrons. The summed E-state index contributed by atoms with van der Waals surface area (Å²) in [7, 11) is 0. The molecule has 2 aromatic rings. The summed E-state index contributed by atoms with van der Waals surface area (Å²) in [5.41, 5.74) is 6.62. The van der Waals surface area contributed by atoms with Crippen molar-refractivity contribution in [2.75, 3.05) is 5.73 Å². The normalized spacial score (nSPS) is 12.8. The number of rotatable bonds is 6. The van der Waals surface area contributed by atoms with E-state index in [0.717, 1.165) is 37.2 Å². The lowest BCUT2D eigenvalue weighted by Gasteiger charge is -1.98. The average Bonchev–Trinajstić information content (AvgIpc) is 2.98. The minimum Gasteiger partial charge on any atom is -0.375 e. The largest absolute Gasteiger partial charge is 0.375 e. The first-order chi connectivity index (χ1) is 8.69. The van der Waals surface area contributed by atoms with Crippen LogP contribution in [0.25, 0.3) is 0 Å². The minimum atomic E-state index is 0.362. The molecule has 2 N–H and O–H groups in total. The lowest BCUT2D eigenvalue weighted by molar-refractivity contribution is 0.367. The Bertz CT molecular complexity index is 494. The standard InChI is InChI=1S/C12H18N4OS/c1-3-8(2)11-15-10(17-16-11)6-4-5-9-7-18-12(13)14-9/h7-8H,3-6H2,1-2H3,(H2,13,14). The fraction of sp³-hybridized carbons (Fsp3) is 0.583. The summed E-state index contributed by atoms with van der Waals surface area (Å²) in [4.78, 5) is 8.62. The molecule has 0 aliphatic heterocycles. The monoisotopic (exact) mass is 266 g/mol. The van der Waals surface area contributed by atoms with Crippen LogP contribution in [0.1, 0.15) is 50.0 Å². The van der Waals surface area contributed by atoms with Gasteiger partial charge in [-0.15, -0.1) is 11.3 Å². The van der Waals surface area contributed by atoms with Crippen LogP contribution in [0.5, 0.6) is 0 Å². The summed E-state index contributed by atoms with van der Waals surface area (Å²) in [6.45, 7) is 4.22. The topological polar surface area (TPSA) is 77.8 Å². The highest BCUT2D eigenvalue weighted by molar-refractivity contribution is 7.13. The number of aromatic nitrogens is 3. The maximum absolute atomic E-state index is 5.58. The summed E-state index contributed by atoms with van der Waals surface area (Å²) >= 11 is 1.48. The number of thiazole rings is 1. The Morgan fingerprint density at radius 2 is 2.22 bits per heavy atom. The Kier molecular flexibility index (Phi) is 4.30. The number of aryl methyl sites for hydroxylation is 2. The third kappa shape index (κ3) is 3.29. The molecule has 0 spiro atoms. The lowest BCUT2D eigenvalue weighted by atomic mass is 10.1. The predicted octanol–water partition coefficient (Wildman–Crippen LogP) is 2.80. The van der Waals surface area contributed by atoms with Crippen molar-refractivity contribution >= 4 is 16.5 Å². The highest BCUT2D eigenvalue weighted by atomic mass is 32.1. The van der Waals surface area contributed by atoms with Crippen molar-refractivity contribution in [1.29, 1.82) is 0 Å². The fourth-order valence-corrected chi connectivity index (χ4v) is 2.21. The number of hydrogen-bond donors (Lipinski definition) is 1. The Balaban J connectivity index is 1.81. The van der Waals surface area contributed by atoms with E-state index in [1.165, 1.54) is 11.3 Å². The number of nitrogen functional groups attached to an aromatic ring is 1. The lowest BCUT2D eigenvalue weighted by Crippen LogP contribution is -1.95. The van der Waals surface area contributed by atoms with Gasteiger partial charge in [0, 0.05) is 17.7 Å². The van der Waals surface area contributed by atoms with E-state index in [2.05, 4.69) is 29.0 Å². The Labute approximate surface area is 110 Å². The molecule has 1 atom stereocenters. The van der Waals surface area contributed by atoms with Crippen LogP contribution in [0, 0.1) is 0 Å². The van der Waals surface area contributed by atoms with Gasteiger partial charge in [0.15, 0.2) is 11.0 Å². The van der Waals surface area contributed by atoms with Gasteiger partial charge in [-0.1, -0.05) is 19.0 Å². The highest BCUT2D eigenvalue weighted by Gasteiger charge is 2.11. The second-order valence-corrected chi connectivity index (χ2v) is 5.28. The van der Waals surface area contributed by atoms with Crippen LogP contribution < -0.4 is 5.73 Å². The summed E-state index contributed by atoms with van der Waals surface area (Å²) in [6.07, 6.45) is 3.66. The summed E-state index contributed by atoms with van der Waals surface area (Å²) in [6, 6.07) is 0. The van der Waals surface area contributed by atoms with Gasteiger partial charge in [-0.05, 0) is 19.3 Å².